The lowest BCUT2D eigenvalue weighted by Gasteiger charge is -2.29. The number of carbonyl (C=O) groups is 2. The lowest BCUT2D eigenvalue weighted by molar-refractivity contribution is -0.126. The van der Waals surface area contributed by atoms with Crippen molar-refractivity contribution < 1.29 is 9.59 Å². The first-order valence-corrected chi connectivity index (χ1v) is 9.76. The van der Waals surface area contributed by atoms with E-state index in [1.165, 1.54) is 0 Å². The number of fused-ring (bicyclic) bond motifs is 3. The Balaban J connectivity index is 1.56. The highest BCUT2D eigenvalue weighted by Crippen LogP contribution is 2.56. The van der Waals surface area contributed by atoms with Crippen LogP contribution in [0, 0.1) is 0 Å². The van der Waals surface area contributed by atoms with E-state index in [-0.39, 0.29) is 21.9 Å². The smallest absolute Gasteiger partial charge is 0.256 e. The molecule has 0 spiro atoms. The average Bonchev–Trinajstić information content (AvgIpc) is 3.04. The number of hydrogen-bond acceptors (Lipinski definition) is 3. The maximum Gasteiger partial charge on any atom is 0.256 e. The van der Waals surface area contributed by atoms with Crippen LogP contribution in [-0.4, -0.2) is 27.5 Å². The van der Waals surface area contributed by atoms with Gasteiger partial charge >= 0.3 is 0 Å². The van der Waals surface area contributed by atoms with E-state index in [0.29, 0.717) is 17.1 Å². The first kappa shape index (κ1) is 17.4. The molecule has 0 aliphatic carbocycles. The molecule has 1 saturated heterocycles. The number of thioether (sulfide) groups is 1. The maximum atomic E-state index is 13.0. The van der Waals surface area contributed by atoms with Gasteiger partial charge in [0.1, 0.15) is 11.4 Å². The van der Waals surface area contributed by atoms with Crippen molar-refractivity contribution in [2.75, 3.05) is 0 Å². The Morgan fingerprint density at radius 3 is 2.62 bits per heavy atom. The molecule has 0 aromatic heterocycles. The quantitative estimate of drug-likeness (QED) is 0.867. The maximum absolute atomic E-state index is 13.0. The van der Waals surface area contributed by atoms with Crippen LogP contribution in [0.3, 0.4) is 0 Å². The van der Waals surface area contributed by atoms with Gasteiger partial charge in [-0.15, -0.1) is 11.8 Å². The first-order valence-electron chi connectivity index (χ1n) is 8.50. The summed E-state index contributed by atoms with van der Waals surface area (Å²) in [6.07, 6.45) is 0. The third-order valence-corrected chi connectivity index (χ3v) is 6.71. The van der Waals surface area contributed by atoms with Crippen LogP contribution in [0.2, 0.25) is 5.02 Å². The molecule has 2 aromatic carbocycles. The van der Waals surface area contributed by atoms with Crippen LogP contribution >= 0.6 is 23.4 Å². The largest absolute Gasteiger partial charge is 0.350 e. The van der Waals surface area contributed by atoms with Gasteiger partial charge in [0, 0.05) is 21.9 Å². The van der Waals surface area contributed by atoms with Crippen LogP contribution in [0.1, 0.15) is 40.7 Å². The van der Waals surface area contributed by atoms with Crippen LogP contribution < -0.4 is 5.32 Å². The summed E-state index contributed by atoms with van der Waals surface area (Å²) in [6.45, 7) is 4.46. The fourth-order valence-corrected chi connectivity index (χ4v) is 5.41. The Labute approximate surface area is 161 Å². The molecule has 4 nitrogen and oxygen atoms in total. The molecule has 2 atom stereocenters. The normalized spacial score (nSPS) is 22.9. The molecule has 2 amide bonds. The van der Waals surface area contributed by atoms with Crippen molar-refractivity contribution in [3.8, 4) is 0 Å². The number of nitrogens with one attached hydrogen (secondary N) is 1. The molecule has 2 aliphatic rings. The zero-order chi connectivity index (χ0) is 18.5. The molecule has 1 unspecified atom stereocenters. The second-order valence-corrected chi connectivity index (χ2v) is 9.29. The molecule has 4 rings (SSSR count). The number of carbonyl (C=O) groups excluding carboxylic acids is 2. The Kier molecular flexibility index (Phi) is 4.24. The van der Waals surface area contributed by atoms with Crippen molar-refractivity contribution in [3.05, 3.63) is 70.2 Å². The van der Waals surface area contributed by atoms with Gasteiger partial charge in [-0.3, -0.25) is 9.59 Å². The van der Waals surface area contributed by atoms with Crippen LogP contribution in [0.15, 0.2) is 48.5 Å². The number of benzene rings is 2. The summed E-state index contributed by atoms with van der Waals surface area (Å²) in [5.74, 6) is -0.184. The number of nitrogens with zero attached hydrogens (tertiary/aromatic N) is 1. The van der Waals surface area contributed by atoms with Gasteiger partial charge in [0.25, 0.3) is 5.91 Å². The minimum absolute atomic E-state index is 0.0599. The monoisotopic (exact) mass is 386 g/mol. The third kappa shape index (κ3) is 2.79. The molecular formula is C20H19ClN2O2S. The molecule has 1 fully saturated rings. The second kappa shape index (κ2) is 6.32. The number of hydrogen-bond donors (Lipinski definition) is 1. The Morgan fingerprint density at radius 1 is 1.19 bits per heavy atom. The van der Waals surface area contributed by atoms with Crippen LogP contribution in [0.25, 0.3) is 0 Å². The minimum atomic E-state index is -0.510. The van der Waals surface area contributed by atoms with Crippen molar-refractivity contribution >= 4 is 35.2 Å². The number of halogens is 1. The van der Waals surface area contributed by atoms with Gasteiger partial charge < -0.3 is 10.2 Å². The molecule has 2 heterocycles. The summed E-state index contributed by atoms with van der Waals surface area (Å²) in [5, 5.41) is 3.55. The highest BCUT2D eigenvalue weighted by molar-refractivity contribution is 8.01. The number of amides is 2. The zero-order valence-corrected chi connectivity index (χ0v) is 16.1. The molecule has 0 saturated carbocycles. The fourth-order valence-electron chi connectivity index (χ4n) is 3.69. The van der Waals surface area contributed by atoms with Gasteiger partial charge in [-0.05, 0) is 43.2 Å². The lowest BCUT2D eigenvalue weighted by Crippen LogP contribution is -2.52. The summed E-state index contributed by atoms with van der Waals surface area (Å²) < 4.78 is -0.363. The summed E-state index contributed by atoms with van der Waals surface area (Å²) >= 11 is 7.57. The van der Waals surface area contributed by atoms with Crippen LogP contribution in [-0.2, 0) is 11.3 Å². The molecule has 6 heteroatoms. The molecule has 2 aromatic rings. The summed E-state index contributed by atoms with van der Waals surface area (Å²) in [4.78, 5) is 27.6. The topological polar surface area (TPSA) is 49.4 Å². The van der Waals surface area contributed by atoms with Gasteiger partial charge in [-0.25, -0.2) is 0 Å². The van der Waals surface area contributed by atoms with Crippen molar-refractivity contribution in [1.29, 1.82) is 0 Å². The Hall–Kier alpha value is -1.98. The molecule has 134 valence electrons. The van der Waals surface area contributed by atoms with Gasteiger partial charge in [-0.2, -0.15) is 0 Å². The standard InChI is InChI=1S/C20H19ClN2O2S/c1-20(2)16(17(24)22-11-12-7-9-13(21)10-8-12)23-18(25)14-5-3-4-6-15(14)19(23)26-20/h3-10,16,19H,11H2,1-2H3,(H,22,24)/t16-,19?/m1/s1. The molecule has 26 heavy (non-hydrogen) atoms. The second-order valence-electron chi connectivity index (χ2n) is 7.12. The van der Waals surface area contributed by atoms with Crippen molar-refractivity contribution in [2.24, 2.45) is 0 Å². The van der Waals surface area contributed by atoms with E-state index >= 15 is 0 Å². The Morgan fingerprint density at radius 2 is 1.88 bits per heavy atom. The molecule has 2 aliphatic heterocycles. The van der Waals surface area contributed by atoms with Crippen molar-refractivity contribution in [2.45, 2.75) is 36.6 Å². The van der Waals surface area contributed by atoms with Crippen LogP contribution in [0.5, 0.6) is 0 Å². The van der Waals surface area contributed by atoms with Gasteiger partial charge in [0.15, 0.2) is 0 Å². The highest BCUT2D eigenvalue weighted by atomic mass is 35.5. The molecule has 0 bridgehead atoms. The fraction of sp³-hybridized carbons (Fsp3) is 0.300. The summed E-state index contributed by atoms with van der Waals surface area (Å²) in [5.41, 5.74) is 2.68. The zero-order valence-electron chi connectivity index (χ0n) is 14.5. The summed E-state index contributed by atoms with van der Waals surface area (Å²) in [6, 6.07) is 14.5. The van der Waals surface area contributed by atoms with E-state index < -0.39 is 6.04 Å². The van der Waals surface area contributed by atoms with E-state index in [4.69, 9.17) is 11.6 Å². The van der Waals surface area contributed by atoms with E-state index in [1.54, 1.807) is 28.8 Å². The van der Waals surface area contributed by atoms with E-state index in [0.717, 1.165) is 11.1 Å². The molecular weight excluding hydrogens is 368 g/mol. The van der Waals surface area contributed by atoms with Gasteiger partial charge in [0.2, 0.25) is 5.91 Å². The number of rotatable bonds is 3. The SMILES string of the molecule is CC1(C)SC2c3ccccc3C(=O)N2[C@@H]1C(=O)NCc1ccc(Cl)cc1. The average molecular weight is 387 g/mol. The lowest BCUT2D eigenvalue weighted by atomic mass is 10.0. The Bertz CT molecular complexity index is 882. The van der Waals surface area contributed by atoms with Crippen LogP contribution in [0.4, 0.5) is 0 Å². The summed E-state index contributed by atoms with van der Waals surface area (Å²) in [7, 11) is 0. The van der Waals surface area contributed by atoms with Crippen molar-refractivity contribution in [1.82, 2.24) is 10.2 Å². The highest BCUT2D eigenvalue weighted by Gasteiger charge is 2.57. The van der Waals surface area contributed by atoms with Gasteiger partial charge in [-0.1, -0.05) is 41.9 Å². The predicted molar refractivity (Wildman–Crippen MR) is 104 cm³/mol. The predicted octanol–water partition coefficient (Wildman–Crippen LogP) is 4.00. The third-order valence-electron chi connectivity index (χ3n) is 4.92. The molecule has 1 N–H and O–H groups in total. The van der Waals surface area contributed by atoms with E-state index in [1.807, 2.05) is 50.2 Å². The first-order chi connectivity index (χ1) is 12.4. The minimum Gasteiger partial charge on any atom is -0.350 e. The molecule has 0 radical (unpaired) electrons. The van der Waals surface area contributed by atoms with E-state index in [9.17, 15) is 9.59 Å². The van der Waals surface area contributed by atoms with E-state index in [2.05, 4.69) is 5.32 Å². The van der Waals surface area contributed by atoms with Gasteiger partial charge in [0.05, 0.1) is 0 Å². The van der Waals surface area contributed by atoms with Crippen molar-refractivity contribution in [3.63, 3.8) is 0 Å².